The topological polar surface area (TPSA) is 65.2 Å². The molecule has 0 aliphatic rings. The monoisotopic (exact) mass is 180 g/mol. The summed E-state index contributed by atoms with van der Waals surface area (Å²) in [7, 11) is 0. The van der Waals surface area contributed by atoms with E-state index in [1.54, 1.807) is 25.3 Å². The van der Waals surface area contributed by atoms with E-state index in [4.69, 9.17) is 10.5 Å². The van der Waals surface area contributed by atoms with Gasteiger partial charge in [0.15, 0.2) is 0 Å². The number of pyridine rings is 1. The predicted octanol–water partition coefficient (Wildman–Crippen LogP) is 0.717. The van der Waals surface area contributed by atoms with Crippen LogP contribution in [0.1, 0.15) is 23.0 Å². The Morgan fingerprint density at radius 1 is 1.62 bits per heavy atom. The van der Waals surface area contributed by atoms with Gasteiger partial charge in [-0.05, 0) is 18.6 Å². The number of carbonyl (C=O) groups excluding carboxylic acids is 1. The highest BCUT2D eigenvalue weighted by atomic mass is 16.5. The summed E-state index contributed by atoms with van der Waals surface area (Å²) in [5.74, 6) is -0.397. The maximum Gasteiger partial charge on any atom is 0.356 e. The quantitative estimate of drug-likeness (QED) is 0.696. The van der Waals surface area contributed by atoms with Crippen molar-refractivity contribution in [2.24, 2.45) is 5.73 Å². The SMILES string of the molecule is CCOC(=O)c1ccc(CN)cn1. The first kappa shape index (κ1) is 9.67. The summed E-state index contributed by atoms with van der Waals surface area (Å²) in [6, 6.07) is 3.37. The van der Waals surface area contributed by atoms with E-state index in [0.29, 0.717) is 18.8 Å². The minimum absolute atomic E-state index is 0.319. The predicted molar refractivity (Wildman–Crippen MR) is 48.1 cm³/mol. The van der Waals surface area contributed by atoms with Crippen LogP contribution < -0.4 is 5.73 Å². The van der Waals surface area contributed by atoms with Gasteiger partial charge < -0.3 is 10.5 Å². The lowest BCUT2D eigenvalue weighted by atomic mass is 10.2. The molecule has 0 aromatic carbocycles. The molecule has 4 heteroatoms. The number of hydrogen-bond donors (Lipinski definition) is 1. The first-order chi connectivity index (χ1) is 6.27. The van der Waals surface area contributed by atoms with Gasteiger partial charge in [-0.3, -0.25) is 0 Å². The second kappa shape index (κ2) is 4.57. The van der Waals surface area contributed by atoms with Crippen LogP contribution in [0, 0.1) is 0 Å². The molecule has 13 heavy (non-hydrogen) atoms. The van der Waals surface area contributed by atoms with Gasteiger partial charge in [0.25, 0.3) is 0 Å². The van der Waals surface area contributed by atoms with Gasteiger partial charge in [0.05, 0.1) is 6.61 Å². The van der Waals surface area contributed by atoms with Gasteiger partial charge >= 0.3 is 5.97 Å². The average molecular weight is 180 g/mol. The van der Waals surface area contributed by atoms with E-state index >= 15 is 0 Å². The number of carbonyl (C=O) groups is 1. The van der Waals surface area contributed by atoms with Gasteiger partial charge in [0.2, 0.25) is 0 Å². The van der Waals surface area contributed by atoms with Gasteiger partial charge in [-0.2, -0.15) is 0 Å². The molecule has 0 radical (unpaired) electrons. The maximum absolute atomic E-state index is 11.1. The van der Waals surface area contributed by atoms with E-state index < -0.39 is 5.97 Å². The lowest BCUT2D eigenvalue weighted by Crippen LogP contribution is -2.07. The lowest BCUT2D eigenvalue weighted by molar-refractivity contribution is 0.0519. The Kier molecular flexibility index (Phi) is 3.40. The molecule has 1 aromatic rings. The first-order valence-electron chi connectivity index (χ1n) is 4.10. The van der Waals surface area contributed by atoms with Gasteiger partial charge in [0, 0.05) is 12.7 Å². The molecule has 2 N–H and O–H groups in total. The van der Waals surface area contributed by atoms with Crippen LogP contribution in [0.15, 0.2) is 18.3 Å². The van der Waals surface area contributed by atoms with Crippen LogP contribution in [-0.4, -0.2) is 17.6 Å². The summed E-state index contributed by atoms with van der Waals surface area (Å²) in [4.78, 5) is 15.0. The molecular weight excluding hydrogens is 168 g/mol. The molecule has 1 rings (SSSR count). The molecule has 0 fully saturated rings. The molecule has 1 aromatic heterocycles. The van der Waals surface area contributed by atoms with E-state index in [2.05, 4.69) is 4.98 Å². The van der Waals surface area contributed by atoms with Crippen molar-refractivity contribution < 1.29 is 9.53 Å². The molecule has 0 atom stereocenters. The van der Waals surface area contributed by atoms with E-state index in [1.807, 2.05) is 0 Å². The van der Waals surface area contributed by atoms with Gasteiger partial charge in [0.1, 0.15) is 5.69 Å². The highest BCUT2D eigenvalue weighted by Gasteiger charge is 2.06. The number of hydrogen-bond acceptors (Lipinski definition) is 4. The molecule has 0 saturated carbocycles. The summed E-state index contributed by atoms with van der Waals surface area (Å²) in [5.41, 5.74) is 6.59. The number of esters is 1. The third-order valence-electron chi connectivity index (χ3n) is 1.55. The fourth-order valence-corrected chi connectivity index (χ4v) is 0.871. The molecule has 0 saturated heterocycles. The van der Waals surface area contributed by atoms with Gasteiger partial charge in [-0.1, -0.05) is 6.07 Å². The van der Waals surface area contributed by atoms with Gasteiger partial charge in [-0.25, -0.2) is 9.78 Å². The Morgan fingerprint density at radius 3 is 2.85 bits per heavy atom. The van der Waals surface area contributed by atoms with Crippen LogP contribution in [0.2, 0.25) is 0 Å². The Morgan fingerprint density at radius 2 is 2.38 bits per heavy atom. The molecule has 0 amide bonds. The fraction of sp³-hybridized carbons (Fsp3) is 0.333. The fourth-order valence-electron chi connectivity index (χ4n) is 0.871. The smallest absolute Gasteiger partial charge is 0.356 e. The van der Waals surface area contributed by atoms with Crippen molar-refractivity contribution in [3.8, 4) is 0 Å². The molecule has 1 heterocycles. The van der Waals surface area contributed by atoms with E-state index in [-0.39, 0.29) is 0 Å². The summed E-state index contributed by atoms with van der Waals surface area (Å²) in [6.45, 7) is 2.54. The molecule has 0 bridgehead atoms. The summed E-state index contributed by atoms with van der Waals surface area (Å²) in [5, 5.41) is 0. The third-order valence-corrected chi connectivity index (χ3v) is 1.55. The Bertz CT molecular complexity index is 282. The van der Waals surface area contributed by atoms with E-state index in [1.165, 1.54) is 0 Å². The van der Waals surface area contributed by atoms with E-state index in [9.17, 15) is 4.79 Å². The van der Waals surface area contributed by atoms with Crippen LogP contribution in [0.5, 0.6) is 0 Å². The van der Waals surface area contributed by atoms with Crippen molar-refractivity contribution in [3.63, 3.8) is 0 Å². The van der Waals surface area contributed by atoms with Crippen LogP contribution in [0.4, 0.5) is 0 Å². The normalized spacial score (nSPS) is 9.69. The van der Waals surface area contributed by atoms with Crippen LogP contribution >= 0.6 is 0 Å². The van der Waals surface area contributed by atoms with Crippen molar-refractivity contribution in [2.75, 3.05) is 6.61 Å². The molecule has 0 unspecified atom stereocenters. The van der Waals surface area contributed by atoms with Crippen LogP contribution in [0.3, 0.4) is 0 Å². The highest BCUT2D eigenvalue weighted by Crippen LogP contribution is 2.00. The summed E-state index contributed by atoms with van der Waals surface area (Å²) >= 11 is 0. The van der Waals surface area contributed by atoms with Crippen molar-refractivity contribution in [2.45, 2.75) is 13.5 Å². The third kappa shape index (κ3) is 2.52. The minimum Gasteiger partial charge on any atom is -0.461 e. The second-order valence-corrected chi connectivity index (χ2v) is 2.48. The lowest BCUT2D eigenvalue weighted by Gasteiger charge is -2.01. The van der Waals surface area contributed by atoms with Gasteiger partial charge in [-0.15, -0.1) is 0 Å². The largest absolute Gasteiger partial charge is 0.461 e. The minimum atomic E-state index is -0.397. The number of nitrogens with two attached hydrogens (primary N) is 1. The first-order valence-corrected chi connectivity index (χ1v) is 4.10. The van der Waals surface area contributed by atoms with Crippen molar-refractivity contribution >= 4 is 5.97 Å². The number of rotatable bonds is 3. The summed E-state index contributed by atoms with van der Waals surface area (Å²) < 4.78 is 4.77. The molecule has 70 valence electrons. The Labute approximate surface area is 76.7 Å². The zero-order valence-corrected chi connectivity index (χ0v) is 7.49. The molecule has 0 spiro atoms. The zero-order chi connectivity index (χ0) is 9.68. The molecule has 0 aliphatic heterocycles. The summed E-state index contributed by atoms with van der Waals surface area (Å²) in [6.07, 6.45) is 1.58. The molecule has 4 nitrogen and oxygen atoms in total. The number of aromatic nitrogens is 1. The van der Waals surface area contributed by atoms with Crippen molar-refractivity contribution in [1.82, 2.24) is 4.98 Å². The van der Waals surface area contributed by atoms with Crippen LogP contribution in [0.25, 0.3) is 0 Å². The molecular formula is C9H12N2O2. The molecule has 0 aliphatic carbocycles. The standard InChI is InChI=1S/C9H12N2O2/c1-2-13-9(12)8-4-3-7(5-10)6-11-8/h3-4,6H,2,5,10H2,1H3. The second-order valence-electron chi connectivity index (χ2n) is 2.48. The van der Waals surface area contributed by atoms with Crippen molar-refractivity contribution in [1.29, 1.82) is 0 Å². The average Bonchev–Trinajstić information content (AvgIpc) is 2.18. The number of nitrogens with zero attached hydrogens (tertiary/aromatic N) is 1. The Hall–Kier alpha value is -1.42. The Balaban J connectivity index is 2.74. The van der Waals surface area contributed by atoms with Crippen molar-refractivity contribution in [3.05, 3.63) is 29.6 Å². The highest BCUT2D eigenvalue weighted by molar-refractivity contribution is 5.87. The zero-order valence-electron chi connectivity index (χ0n) is 7.49. The van der Waals surface area contributed by atoms with E-state index in [0.717, 1.165) is 5.56 Å². The maximum atomic E-state index is 11.1. The van der Waals surface area contributed by atoms with Crippen LogP contribution in [-0.2, 0) is 11.3 Å². The number of ether oxygens (including phenoxy) is 1.